The van der Waals surface area contributed by atoms with Crippen molar-refractivity contribution >= 4 is 21.6 Å². The summed E-state index contributed by atoms with van der Waals surface area (Å²) in [5.74, 6) is -0.207. The van der Waals surface area contributed by atoms with E-state index in [1.807, 2.05) is 0 Å². The quantitative estimate of drug-likeness (QED) is 0.784. The number of hydrogen-bond acceptors (Lipinski definition) is 2. The first-order valence-corrected chi connectivity index (χ1v) is 7.34. The molecule has 0 saturated heterocycles. The molecule has 0 amide bonds. The van der Waals surface area contributed by atoms with Crippen molar-refractivity contribution in [1.82, 2.24) is 4.31 Å². The molecule has 0 spiro atoms. The van der Waals surface area contributed by atoms with Crippen molar-refractivity contribution in [3.63, 3.8) is 0 Å². The van der Waals surface area contributed by atoms with Crippen LogP contribution in [0.2, 0.25) is 0 Å². The fourth-order valence-corrected chi connectivity index (χ4v) is 3.17. The van der Waals surface area contributed by atoms with Crippen LogP contribution >= 0.6 is 11.6 Å². The Morgan fingerprint density at radius 1 is 1.21 bits per heavy atom. The van der Waals surface area contributed by atoms with Gasteiger partial charge < -0.3 is 0 Å². The summed E-state index contributed by atoms with van der Waals surface area (Å²) in [4.78, 5) is -0.174. The Labute approximate surface area is 115 Å². The highest BCUT2D eigenvalue weighted by atomic mass is 35.5. The Morgan fingerprint density at radius 3 is 2.16 bits per heavy atom. The van der Waals surface area contributed by atoms with Gasteiger partial charge in [0.15, 0.2) is 0 Å². The lowest BCUT2D eigenvalue weighted by Gasteiger charge is -2.22. The van der Waals surface area contributed by atoms with E-state index in [0.717, 1.165) is 5.56 Å². The number of alkyl halides is 4. The van der Waals surface area contributed by atoms with Crippen LogP contribution in [-0.4, -0.2) is 37.9 Å². The second kappa shape index (κ2) is 6.11. The van der Waals surface area contributed by atoms with Crippen molar-refractivity contribution in [2.75, 3.05) is 19.0 Å². The molecular weight excluding hydrogens is 303 g/mol. The number of benzene rings is 1. The number of aryl methyl sites for hydroxylation is 1. The van der Waals surface area contributed by atoms with Gasteiger partial charge in [0.2, 0.25) is 10.0 Å². The fraction of sp³-hybridized carbons (Fsp3) is 0.455. The van der Waals surface area contributed by atoms with Crippen LogP contribution in [0.5, 0.6) is 0 Å². The molecule has 1 aromatic carbocycles. The van der Waals surface area contributed by atoms with Crippen LogP contribution in [0.1, 0.15) is 5.56 Å². The van der Waals surface area contributed by atoms with Crippen molar-refractivity contribution in [2.24, 2.45) is 0 Å². The van der Waals surface area contributed by atoms with Crippen LogP contribution in [0, 0.1) is 6.92 Å². The Hall–Kier alpha value is -0.790. The lowest BCUT2D eigenvalue weighted by atomic mass is 10.2. The maximum atomic E-state index is 12.4. The van der Waals surface area contributed by atoms with Crippen LogP contribution in [0.25, 0.3) is 0 Å². The van der Waals surface area contributed by atoms with E-state index in [9.17, 15) is 21.6 Å². The first-order valence-electron chi connectivity index (χ1n) is 5.36. The molecule has 0 aliphatic heterocycles. The third-order valence-electron chi connectivity index (χ3n) is 2.35. The minimum Gasteiger partial charge on any atom is -0.207 e. The van der Waals surface area contributed by atoms with Gasteiger partial charge in [0.1, 0.15) is 6.54 Å². The van der Waals surface area contributed by atoms with Gasteiger partial charge in [-0.15, -0.1) is 11.6 Å². The standard InChI is InChI=1S/C11H13ClF3NO2S/c1-9-2-4-10(5-3-9)19(17,18)16(7-6-12)8-11(13,14)15/h2-5H,6-8H2,1H3. The van der Waals surface area contributed by atoms with Crippen LogP contribution < -0.4 is 0 Å². The van der Waals surface area contributed by atoms with Crippen molar-refractivity contribution < 1.29 is 21.6 Å². The monoisotopic (exact) mass is 315 g/mol. The number of sulfonamides is 1. The molecule has 8 heteroatoms. The predicted octanol–water partition coefficient (Wildman–Crippen LogP) is 2.79. The third kappa shape index (κ3) is 4.67. The third-order valence-corrected chi connectivity index (χ3v) is 4.38. The molecule has 1 aromatic rings. The van der Waals surface area contributed by atoms with E-state index in [1.165, 1.54) is 24.3 Å². The molecule has 0 aromatic heterocycles. The lowest BCUT2D eigenvalue weighted by Crippen LogP contribution is -2.40. The molecule has 3 nitrogen and oxygen atoms in total. The summed E-state index contributed by atoms with van der Waals surface area (Å²) in [7, 11) is -4.18. The highest BCUT2D eigenvalue weighted by Crippen LogP contribution is 2.22. The molecule has 0 saturated carbocycles. The minimum atomic E-state index is -4.61. The van der Waals surface area contributed by atoms with Crippen molar-refractivity contribution in [1.29, 1.82) is 0 Å². The molecule has 0 heterocycles. The minimum absolute atomic E-state index is 0.174. The van der Waals surface area contributed by atoms with Crippen molar-refractivity contribution in [3.05, 3.63) is 29.8 Å². The Bertz CT molecular complexity index is 514. The smallest absolute Gasteiger partial charge is 0.207 e. The average molecular weight is 316 g/mol. The van der Waals surface area contributed by atoms with Crippen molar-refractivity contribution in [2.45, 2.75) is 18.0 Å². The van der Waals surface area contributed by atoms with Crippen LogP contribution in [-0.2, 0) is 10.0 Å². The highest BCUT2D eigenvalue weighted by molar-refractivity contribution is 7.89. The summed E-state index contributed by atoms with van der Waals surface area (Å²) in [6.07, 6.45) is -4.61. The maximum absolute atomic E-state index is 12.4. The molecule has 1 rings (SSSR count). The van der Waals surface area contributed by atoms with E-state index in [4.69, 9.17) is 11.6 Å². The van der Waals surface area contributed by atoms with E-state index < -0.39 is 29.3 Å². The van der Waals surface area contributed by atoms with Crippen LogP contribution in [0.3, 0.4) is 0 Å². The maximum Gasteiger partial charge on any atom is 0.402 e. The first kappa shape index (κ1) is 16.3. The van der Waals surface area contributed by atoms with Gasteiger partial charge >= 0.3 is 6.18 Å². The molecule has 0 aliphatic rings. The summed E-state index contributed by atoms with van der Waals surface area (Å²) < 4.78 is 61.7. The molecule has 0 atom stereocenters. The molecular formula is C11H13ClF3NO2S. The predicted molar refractivity (Wildman–Crippen MR) is 66.7 cm³/mol. The zero-order valence-corrected chi connectivity index (χ0v) is 11.7. The first-order chi connectivity index (χ1) is 8.66. The van der Waals surface area contributed by atoms with Gasteiger partial charge in [-0.2, -0.15) is 17.5 Å². The van der Waals surface area contributed by atoms with Gasteiger partial charge in [-0.3, -0.25) is 0 Å². The normalized spacial score (nSPS) is 12.9. The van der Waals surface area contributed by atoms with Gasteiger partial charge in [0.25, 0.3) is 0 Å². The van der Waals surface area contributed by atoms with Gasteiger partial charge in [-0.25, -0.2) is 8.42 Å². The van der Waals surface area contributed by atoms with E-state index in [-0.39, 0.29) is 10.8 Å². The molecule has 0 bridgehead atoms. The topological polar surface area (TPSA) is 37.4 Å². The van der Waals surface area contributed by atoms with Crippen LogP contribution in [0.4, 0.5) is 13.2 Å². The molecule has 108 valence electrons. The van der Waals surface area contributed by atoms with E-state index >= 15 is 0 Å². The number of halogens is 4. The Balaban J connectivity index is 3.09. The Morgan fingerprint density at radius 2 is 1.74 bits per heavy atom. The molecule has 0 N–H and O–H groups in total. The summed E-state index contributed by atoms with van der Waals surface area (Å²) in [5.41, 5.74) is 0.818. The molecule has 0 aliphatic carbocycles. The van der Waals surface area contributed by atoms with Gasteiger partial charge in [-0.1, -0.05) is 17.7 Å². The summed E-state index contributed by atoms with van der Waals surface area (Å²) in [6, 6.07) is 5.61. The summed E-state index contributed by atoms with van der Waals surface area (Å²) in [5, 5.41) is 0. The van der Waals surface area contributed by atoms with Gasteiger partial charge in [-0.05, 0) is 19.1 Å². The number of nitrogens with zero attached hydrogens (tertiary/aromatic N) is 1. The van der Waals surface area contributed by atoms with E-state index in [0.29, 0.717) is 4.31 Å². The SMILES string of the molecule is Cc1ccc(S(=O)(=O)N(CCCl)CC(F)(F)F)cc1. The summed E-state index contributed by atoms with van der Waals surface area (Å²) in [6.45, 7) is -0.185. The highest BCUT2D eigenvalue weighted by Gasteiger charge is 2.36. The average Bonchev–Trinajstić information content (AvgIpc) is 2.27. The summed E-state index contributed by atoms with van der Waals surface area (Å²) >= 11 is 5.37. The fourth-order valence-electron chi connectivity index (χ4n) is 1.44. The number of hydrogen-bond donors (Lipinski definition) is 0. The molecule has 19 heavy (non-hydrogen) atoms. The zero-order chi connectivity index (χ0) is 14.7. The largest absolute Gasteiger partial charge is 0.402 e. The Kier molecular flexibility index (Phi) is 5.23. The molecule has 0 unspecified atom stereocenters. The van der Waals surface area contributed by atoms with E-state index in [1.54, 1.807) is 6.92 Å². The molecule has 0 fully saturated rings. The van der Waals surface area contributed by atoms with Crippen LogP contribution in [0.15, 0.2) is 29.2 Å². The molecule has 0 radical (unpaired) electrons. The zero-order valence-electron chi connectivity index (χ0n) is 10.1. The van der Waals surface area contributed by atoms with Gasteiger partial charge in [0.05, 0.1) is 4.90 Å². The second-order valence-corrected chi connectivity index (χ2v) is 6.27. The lowest BCUT2D eigenvalue weighted by molar-refractivity contribution is -0.135. The van der Waals surface area contributed by atoms with Gasteiger partial charge in [0, 0.05) is 12.4 Å². The van der Waals surface area contributed by atoms with E-state index in [2.05, 4.69) is 0 Å². The number of rotatable bonds is 5. The second-order valence-electron chi connectivity index (χ2n) is 3.96. The van der Waals surface area contributed by atoms with Crippen molar-refractivity contribution in [3.8, 4) is 0 Å².